The fourth-order valence-electron chi connectivity index (χ4n) is 0.840. The van der Waals surface area contributed by atoms with E-state index in [0.717, 1.165) is 24.5 Å². The van der Waals surface area contributed by atoms with Crippen molar-refractivity contribution in [1.82, 2.24) is 0 Å². The molecule has 0 aliphatic carbocycles. The van der Waals surface area contributed by atoms with Crippen LogP contribution >= 0.6 is 11.3 Å². The highest BCUT2D eigenvalue weighted by Gasteiger charge is 2.24. The second kappa shape index (κ2) is 4.35. The minimum atomic E-state index is -4.14. The van der Waals surface area contributed by atoms with Gasteiger partial charge < -0.3 is 4.74 Å². The number of methoxy groups -OCH3 is 1. The van der Waals surface area contributed by atoms with E-state index in [9.17, 15) is 18.0 Å². The monoisotopic (exact) mass is 247 g/mol. The van der Waals surface area contributed by atoms with Crippen LogP contribution in [0.1, 0.15) is 9.67 Å². The fourth-order valence-corrected chi connectivity index (χ4v) is 2.84. The molecule has 0 spiro atoms. The van der Waals surface area contributed by atoms with E-state index in [2.05, 4.69) is 9.13 Å². The third-order valence-corrected chi connectivity index (χ3v) is 3.67. The molecular weight excluding hydrogens is 242 g/mol. The second-order valence-electron chi connectivity index (χ2n) is 2.26. The van der Waals surface area contributed by atoms with Crippen molar-refractivity contribution in [1.29, 1.82) is 0 Å². The molecule has 0 fully saturated rings. The molecule has 0 saturated heterocycles. The number of isocyanates is 1. The Bertz CT molecular complexity index is 523. The molecule has 0 amide bonds. The van der Waals surface area contributed by atoms with Crippen molar-refractivity contribution in [3.8, 4) is 0 Å². The van der Waals surface area contributed by atoms with Crippen LogP contribution in [0, 0.1) is 0 Å². The highest BCUT2D eigenvalue weighted by atomic mass is 32.2. The summed E-state index contributed by atoms with van der Waals surface area (Å²) in [7, 11) is -3.02. The van der Waals surface area contributed by atoms with Gasteiger partial charge >= 0.3 is 5.97 Å². The van der Waals surface area contributed by atoms with Crippen LogP contribution in [0.15, 0.2) is 20.7 Å². The van der Waals surface area contributed by atoms with E-state index in [1.165, 1.54) is 11.4 Å². The molecule has 0 saturated carbocycles. The summed E-state index contributed by atoms with van der Waals surface area (Å²) in [4.78, 5) is 20.6. The van der Waals surface area contributed by atoms with Gasteiger partial charge in [-0.1, -0.05) is 4.40 Å². The summed E-state index contributed by atoms with van der Waals surface area (Å²) in [5.41, 5.74) is 0. The summed E-state index contributed by atoms with van der Waals surface area (Å²) in [6.07, 6.45) is 0.920. The molecule has 0 aliphatic heterocycles. The summed E-state index contributed by atoms with van der Waals surface area (Å²) in [6.45, 7) is 0. The lowest BCUT2D eigenvalue weighted by Gasteiger charge is -1.97. The molecule has 80 valence electrons. The smallest absolute Gasteiger partial charge is 0.349 e. The van der Waals surface area contributed by atoms with E-state index in [-0.39, 0.29) is 9.77 Å². The lowest BCUT2D eigenvalue weighted by molar-refractivity contribution is 0.0602. The first-order chi connectivity index (χ1) is 7.03. The average molecular weight is 247 g/mol. The second-order valence-corrected chi connectivity index (χ2v) is 4.75. The maximum Gasteiger partial charge on any atom is 0.349 e. The van der Waals surface area contributed by atoms with E-state index in [1.807, 2.05) is 0 Å². The number of rotatable bonds is 3. The Morgan fingerprint density at radius 3 is 2.80 bits per heavy atom. The Hall–Kier alpha value is -1.50. The van der Waals surface area contributed by atoms with Crippen molar-refractivity contribution in [2.45, 2.75) is 4.90 Å². The highest BCUT2D eigenvalue weighted by Crippen LogP contribution is 2.23. The number of ether oxygens (including phenoxy) is 1. The summed E-state index contributed by atoms with van der Waals surface area (Å²) >= 11 is 0.891. The molecular formula is C7H5NO5S2. The van der Waals surface area contributed by atoms with Gasteiger partial charge in [0.15, 0.2) is 0 Å². The van der Waals surface area contributed by atoms with E-state index >= 15 is 0 Å². The molecule has 0 atom stereocenters. The molecule has 15 heavy (non-hydrogen) atoms. The molecule has 1 rings (SSSR count). The molecule has 1 aromatic heterocycles. The molecule has 1 heterocycles. The Morgan fingerprint density at radius 2 is 2.27 bits per heavy atom. The predicted octanol–water partition coefficient (Wildman–Crippen LogP) is 0.559. The van der Waals surface area contributed by atoms with E-state index in [4.69, 9.17) is 0 Å². The van der Waals surface area contributed by atoms with Crippen LogP contribution < -0.4 is 0 Å². The number of carbonyl (C=O) groups is 1. The summed E-state index contributed by atoms with van der Waals surface area (Å²) in [5, 5.41) is 1.39. The fraction of sp³-hybridized carbons (Fsp3) is 0.143. The molecule has 0 unspecified atom stereocenters. The van der Waals surface area contributed by atoms with Gasteiger partial charge in [0, 0.05) is 0 Å². The Kier molecular flexibility index (Phi) is 3.35. The molecule has 1 aromatic rings. The van der Waals surface area contributed by atoms with E-state index in [1.54, 1.807) is 0 Å². The van der Waals surface area contributed by atoms with Gasteiger partial charge in [-0.2, -0.15) is 8.42 Å². The van der Waals surface area contributed by atoms with Crippen molar-refractivity contribution < 1.29 is 22.7 Å². The molecule has 6 nitrogen and oxygen atoms in total. The van der Waals surface area contributed by atoms with Gasteiger partial charge in [-0.3, -0.25) is 0 Å². The van der Waals surface area contributed by atoms with Crippen LogP contribution in [0.4, 0.5) is 0 Å². The first-order valence-electron chi connectivity index (χ1n) is 3.53. The van der Waals surface area contributed by atoms with Gasteiger partial charge in [-0.05, 0) is 11.4 Å². The van der Waals surface area contributed by atoms with E-state index in [0.29, 0.717) is 0 Å². The number of thiophene rings is 1. The predicted molar refractivity (Wildman–Crippen MR) is 51.0 cm³/mol. The van der Waals surface area contributed by atoms with Gasteiger partial charge in [0.25, 0.3) is 16.1 Å². The number of hydrogen-bond acceptors (Lipinski definition) is 6. The van der Waals surface area contributed by atoms with Crippen LogP contribution in [0.5, 0.6) is 0 Å². The maximum absolute atomic E-state index is 11.3. The molecule has 8 heteroatoms. The van der Waals surface area contributed by atoms with Crippen molar-refractivity contribution in [3.05, 3.63) is 16.3 Å². The number of nitrogens with zero attached hydrogens (tertiary/aromatic N) is 1. The number of esters is 1. The number of hydrogen-bond donors (Lipinski definition) is 0. The lowest BCUT2D eigenvalue weighted by atomic mass is 10.5. The van der Waals surface area contributed by atoms with Crippen LogP contribution in [0.2, 0.25) is 0 Å². The summed E-state index contributed by atoms with van der Waals surface area (Å²) in [6, 6.07) is 1.17. The zero-order valence-electron chi connectivity index (χ0n) is 7.46. The number of carbonyl (C=O) groups excluding carboxylic acids is 2. The first-order valence-corrected chi connectivity index (χ1v) is 5.85. The number of sulfonamides is 1. The minimum Gasteiger partial charge on any atom is -0.465 e. The van der Waals surface area contributed by atoms with Gasteiger partial charge in [0.2, 0.25) is 0 Å². The zero-order chi connectivity index (χ0) is 11.5. The maximum atomic E-state index is 11.3. The first kappa shape index (κ1) is 11.6. The summed E-state index contributed by atoms with van der Waals surface area (Å²) < 4.78 is 29.6. The largest absolute Gasteiger partial charge is 0.465 e. The van der Waals surface area contributed by atoms with Gasteiger partial charge in [0.05, 0.1) is 7.11 Å². The topological polar surface area (TPSA) is 89.9 Å². The molecule has 0 aliphatic rings. The molecule has 0 radical (unpaired) electrons. The van der Waals surface area contributed by atoms with Crippen molar-refractivity contribution in [2.24, 2.45) is 4.40 Å². The Labute approximate surface area is 89.3 Å². The quantitative estimate of drug-likeness (QED) is 0.442. The normalized spacial score (nSPS) is 10.5. The molecule has 0 aromatic carbocycles. The van der Waals surface area contributed by atoms with Gasteiger partial charge in [0.1, 0.15) is 9.77 Å². The highest BCUT2D eigenvalue weighted by molar-refractivity contribution is 7.90. The third kappa shape index (κ3) is 2.30. The average Bonchev–Trinajstić information content (AvgIpc) is 2.65. The zero-order valence-corrected chi connectivity index (χ0v) is 9.09. The molecule has 0 N–H and O–H groups in total. The van der Waals surface area contributed by atoms with Crippen molar-refractivity contribution >= 4 is 33.4 Å². The third-order valence-electron chi connectivity index (χ3n) is 1.44. The standard InChI is InChI=1S/C7H5NO5S2/c1-13-7(10)6-5(2-3-14-6)15(11,12)8-4-9/h2-3H,1H3. The van der Waals surface area contributed by atoms with Crippen LogP contribution in [0.25, 0.3) is 0 Å². The summed E-state index contributed by atoms with van der Waals surface area (Å²) in [5.74, 6) is -0.787. The SMILES string of the molecule is COC(=O)c1sccc1S(=O)(=O)N=C=O. The minimum absolute atomic E-state index is 0.114. The lowest BCUT2D eigenvalue weighted by Crippen LogP contribution is -2.05. The van der Waals surface area contributed by atoms with Crippen molar-refractivity contribution in [3.63, 3.8) is 0 Å². The van der Waals surface area contributed by atoms with Gasteiger partial charge in [-0.15, -0.1) is 11.3 Å². The van der Waals surface area contributed by atoms with Crippen molar-refractivity contribution in [2.75, 3.05) is 7.11 Å². The Morgan fingerprint density at radius 1 is 1.60 bits per heavy atom. The van der Waals surface area contributed by atoms with Gasteiger partial charge in [-0.25, -0.2) is 9.59 Å². The Balaban J connectivity index is 3.34. The van der Waals surface area contributed by atoms with Crippen LogP contribution in [0.3, 0.4) is 0 Å². The van der Waals surface area contributed by atoms with Crippen LogP contribution in [-0.4, -0.2) is 27.6 Å². The van der Waals surface area contributed by atoms with Crippen LogP contribution in [-0.2, 0) is 19.6 Å². The molecule has 0 bridgehead atoms. The van der Waals surface area contributed by atoms with E-state index < -0.39 is 16.0 Å².